The third kappa shape index (κ3) is 3.79. The van der Waals surface area contributed by atoms with E-state index < -0.39 is 5.97 Å². The summed E-state index contributed by atoms with van der Waals surface area (Å²) in [5.41, 5.74) is 5.38. The fourth-order valence-corrected chi connectivity index (χ4v) is 2.92. The number of aromatic carboxylic acids is 1. The van der Waals surface area contributed by atoms with Gasteiger partial charge in [-0.15, -0.1) is 11.3 Å². The second-order valence-corrected chi connectivity index (χ2v) is 6.08. The summed E-state index contributed by atoms with van der Waals surface area (Å²) in [7, 11) is 0. The quantitative estimate of drug-likeness (QED) is 0.516. The third-order valence-electron chi connectivity index (χ3n) is 3.16. The van der Waals surface area contributed by atoms with Crippen molar-refractivity contribution < 1.29 is 9.90 Å². The Hall–Kier alpha value is -2.70. The topological polar surface area (TPSA) is 74.6 Å². The first-order valence-electron chi connectivity index (χ1n) is 6.96. The van der Waals surface area contributed by atoms with Crippen molar-refractivity contribution in [1.82, 2.24) is 4.98 Å². The first-order chi connectivity index (χ1) is 11.6. The lowest BCUT2D eigenvalue weighted by molar-refractivity contribution is 0.0697. The highest BCUT2D eigenvalue weighted by atomic mass is 35.5. The zero-order valence-corrected chi connectivity index (χ0v) is 13.9. The summed E-state index contributed by atoms with van der Waals surface area (Å²) in [6, 6.07) is 14.0. The Balaban J connectivity index is 1.71. The van der Waals surface area contributed by atoms with Crippen molar-refractivity contribution >= 4 is 40.3 Å². The predicted molar refractivity (Wildman–Crippen MR) is 97.2 cm³/mol. The molecule has 1 heterocycles. The van der Waals surface area contributed by atoms with Gasteiger partial charge in [0, 0.05) is 16.0 Å². The summed E-state index contributed by atoms with van der Waals surface area (Å²) in [6.45, 7) is 0. The number of thiazole rings is 1. The van der Waals surface area contributed by atoms with Crippen LogP contribution in [0.5, 0.6) is 0 Å². The van der Waals surface area contributed by atoms with Gasteiger partial charge in [-0.1, -0.05) is 41.9 Å². The molecule has 0 bridgehead atoms. The highest BCUT2D eigenvalue weighted by Crippen LogP contribution is 2.30. The number of anilines is 1. The van der Waals surface area contributed by atoms with Crippen LogP contribution in [0.2, 0.25) is 5.02 Å². The number of carbonyl (C=O) groups is 1. The smallest absolute Gasteiger partial charge is 0.335 e. The van der Waals surface area contributed by atoms with Crippen molar-refractivity contribution in [1.29, 1.82) is 0 Å². The minimum absolute atomic E-state index is 0.217. The molecule has 0 spiro atoms. The molecule has 120 valence electrons. The summed E-state index contributed by atoms with van der Waals surface area (Å²) in [5.74, 6) is -0.970. The molecule has 0 saturated carbocycles. The number of rotatable bonds is 5. The molecule has 7 heteroatoms. The molecule has 2 aromatic carbocycles. The number of hydrogen-bond acceptors (Lipinski definition) is 5. The lowest BCUT2D eigenvalue weighted by Crippen LogP contribution is -1.97. The van der Waals surface area contributed by atoms with Crippen LogP contribution in [0.25, 0.3) is 11.3 Å². The van der Waals surface area contributed by atoms with Crippen molar-refractivity contribution in [2.24, 2.45) is 5.10 Å². The van der Waals surface area contributed by atoms with Gasteiger partial charge in [0.15, 0.2) is 0 Å². The van der Waals surface area contributed by atoms with E-state index in [-0.39, 0.29) is 5.56 Å². The number of hydrogen-bond donors (Lipinski definition) is 2. The molecule has 5 nitrogen and oxygen atoms in total. The number of carboxylic acids is 1. The number of nitrogens with one attached hydrogen (secondary N) is 1. The van der Waals surface area contributed by atoms with Crippen molar-refractivity contribution in [3.63, 3.8) is 0 Å². The number of benzene rings is 2. The monoisotopic (exact) mass is 357 g/mol. The lowest BCUT2D eigenvalue weighted by Gasteiger charge is -1.99. The molecule has 1 aromatic heterocycles. The second kappa shape index (κ2) is 7.25. The van der Waals surface area contributed by atoms with E-state index in [2.05, 4.69) is 15.5 Å². The Morgan fingerprint density at radius 2 is 2.08 bits per heavy atom. The molecule has 0 aliphatic rings. The van der Waals surface area contributed by atoms with Gasteiger partial charge in [-0.05, 0) is 23.8 Å². The maximum absolute atomic E-state index is 10.9. The molecule has 3 rings (SSSR count). The molecule has 0 atom stereocenters. The summed E-state index contributed by atoms with van der Waals surface area (Å²) < 4.78 is 0. The molecular weight excluding hydrogens is 346 g/mol. The zero-order valence-electron chi connectivity index (χ0n) is 12.3. The molecule has 3 aromatic rings. The van der Waals surface area contributed by atoms with Crippen LogP contribution in [-0.4, -0.2) is 22.3 Å². The van der Waals surface area contributed by atoms with Crippen molar-refractivity contribution in [3.8, 4) is 11.3 Å². The summed E-state index contributed by atoms with van der Waals surface area (Å²) >= 11 is 7.57. The highest BCUT2D eigenvalue weighted by Gasteiger charge is 2.07. The van der Waals surface area contributed by atoms with Crippen LogP contribution in [0.15, 0.2) is 59.0 Å². The Morgan fingerprint density at radius 1 is 1.25 bits per heavy atom. The van der Waals surface area contributed by atoms with Crippen molar-refractivity contribution in [2.45, 2.75) is 0 Å². The SMILES string of the molecule is O=C(O)c1cccc(/C=N/Nc2nc(-c3ccccc3Cl)cs2)c1. The van der Waals surface area contributed by atoms with Crippen LogP contribution >= 0.6 is 22.9 Å². The van der Waals surface area contributed by atoms with Crippen LogP contribution in [0.3, 0.4) is 0 Å². The van der Waals surface area contributed by atoms with E-state index in [1.807, 2.05) is 29.6 Å². The first kappa shape index (κ1) is 16.2. The van der Waals surface area contributed by atoms with E-state index in [1.165, 1.54) is 17.4 Å². The average molecular weight is 358 g/mol. The minimum Gasteiger partial charge on any atom is -0.478 e. The highest BCUT2D eigenvalue weighted by molar-refractivity contribution is 7.14. The molecule has 0 fully saturated rings. The molecule has 0 radical (unpaired) electrons. The van der Waals surface area contributed by atoms with Gasteiger partial charge in [-0.25, -0.2) is 9.78 Å². The summed E-state index contributed by atoms with van der Waals surface area (Å²) in [5, 5.41) is 16.2. The molecule has 0 aliphatic heterocycles. The van der Waals surface area contributed by atoms with Gasteiger partial charge in [-0.2, -0.15) is 5.10 Å². The summed E-state index contributed by atoms with van der Waals surface area (Å²) in [6.07, 6.45) is 1.54. The Kier molecular flexibility index (Phi) is 4.88. The molecule has 0 aliphatic carbocycles. The number of hydrazone groups is 1. The average Bonchev–Trinajstić information content (AvgIpc) is 3.04. The van der Waals surface area contributed by atoms with Crippen LogP contribution in [0.4, 0.5) is 5.13 Å². The second-order valence-electron chi connectivity index (χ2n) is 4.82. The molecule has 2 N–H and O–H groups in total. The first-order valence-corrected chi connectivity index (χ1v) is 8.22. The number of halogens is 1. The third-order valence-corrected chi connectivity index (χ3v) is 4.24. The maximum Gasteiger partial charge on any atom is 0.335 e. The number of nitrogens with zero attached hydrogens (tertiary/aromatic N) is 2. The molecule has 24 heavy (non-hydrogen) atoms. The number of aromatic nitrogens is 1. The number of carboxylic acid groups (broad SMARTS) is 1. The van der Waals surface area contributed by atoms with Crippen LogP contribution in [0.1, 0.15) is 15.9 Å². The van der Waals surface area contributed by atoms with Crippen molar-refractivity contribution in [3.05, 3.63) is 70.1 Å². The largest absolute Gasteiger partial charge is 0.478 e. The Morgan fingerprint density at radius 3 is 2.88 bits per heavy atom. The van der Waals surface area contributed by atoms with E-state index >= 15 is 0 Å². The van der Waals surface area contributed by atoms with Crippen LogP contribution in [-0.2, 0) is 0 Å². The van der Waals surface area contributed by atoms with E-state index in [0.717, 1.165) is 11.3 Å². The van der Waals surface area contributed by atoms with E-state index in [4.69, 9.17) is 16.7 Å². The zero-order chi connectivity index (χ0) is 16.9. The Labute approximate surface area is 147 Å². The van der Waals surface area contributed by atoms with Gasteiger partial charge in [0.05, 0.1) is 17.5 Å². The van der Waals surface area contributed by atoms with Crippen LogP contribution in [0, 0.1) is 0 Å². The summed E-state index contributed by atoms with van der Waals surface area (Å²) in [4.78, 5) is 15.4. The Bertz CT molecular complexity index is 908. The minimum atomic E-state index is -0.970. The maximum atomic E-state index is 10.9. The van der Waals surface area contributed by atoms with Crippen molar-refractivity contribution in [2.75, 3.05) is 5.43 Å². The van der Waals surface area contributed by atoms with Gasteiger partial charge in [-0.3, -0.25) is 5.43 Å². The van der Waals surface area contributed by atoms with Gasteiger partial charge in [0.2, 0.25) is 5.13 Å². The predicted octanol–water partition coefficient (Wildman–Crippen LogP) is 4.61. The molecule has 0 amide bonds. The molecular formula is C17H12ClN3O2S. The van der Waals surface area contributed by atoms with E-state index in [9.17, 15) is 4.79 Å². The normalized spacial score (nSPS) is 10.9. The fraction of sp³-hybridized carbons (Fsp3) is 0. The lowest BCUT2D eigenvalue weighted by atomic mass is 10.1. The van der Waals surface area contributed by atoms with Gasteiger partial charge in [0.1, 0.15) is 0 Å². The van der Waals surface area contributed by atoms with E-state index in [0.29, 0.717) is 15.7 Å². The van der Waals surface area contributed by atoms with Crippen LogP contribution < -0.4 is 5.43 Å². The van der Waals surface area contributed by atoms with Gasteiger partial charge in [0.25, 0.3) is 0 Å². The van der Waals surface area contributed by atoms with E-state index in [1.54, 1.807) is 24.4 Å². The van der Waals surface area contributed by atoms with Gasteiger partial charge < -0.3 is 5.11 Å². The standard InChI is InChI=1S/C17H12ClN3O2S/c18-14-7-2-1-6-13(14)15-10-24-17(20-15)21-19-9-11-4-3-5-12(8-11)16(22)23/h1-10H,(H,20,21)(H,22,23)/b19-9+. The fourth-order valence-electron chi connectivity index (χ4n) is 2.03. The van der Waals surface area contributed by atoms with Gasteiger partial charge >= 0.3 is 5.97 Å². The molecule has 0 unspecified atom stereocenters. The molecule has 0 saturated heterocycles.